The summed E-state index contributed by atoms with van der Waals surface area (Å²) in [5, 5.41) is 6.92. The Balaban J connectivity index is 2.21. The fourth-order valence-corrected chi connectivity index (χ4v) is 1.99. The maximum absolute atomic E-state index is 12.7. The molecular weight excluding hydrogens is 257 g/mol. The number of aromatic amines is 2. The van der Waals surface area contributed by atoms with Gasteiger partial charge in [-0.15, -0.1) is 0 Å². The number of anilines is 1. The third kappa shape index (κ3) is 1.92. The van der Waals surface area contributed by atoms with E-state index in [9.17, 15) is 13.2 Å². The standard InChI is InChI=1S/C12H9F3N4/c13-12(14,15)6-1-2-9-7(3-6)8(5-17-9)10-4-11(16)19-18-10/h1-5,17H,(H3,16,18,19). The fourth-order valence-electron chi connectivity index (χ4n) is 1.99. The van der Waals surface area contributed by atoms with Gasteiger partial charge in [0.05, 0.1) is 11.3 Å². The molecule has 0 aliphatic rings. The normalized spacial score (nSPS) is 12.2. The topological polar surface area (TPSA) is 70.5 Å². The zero-order valence-electron chi connectivity index (χ0n) is 9.55. The van der Waals surface area contributed by atoms with E-state index in [4.69, 9.17) is 5.73 Å². The molecule has 1 aromatic carbocycles. The molecular formula is C12H9F3N4. The molecule has 0 aliphatic carbocycles. The van der Waals surface area contributed by atoms with Crippen molar-refractivity contribution in [3.05, 3.63) is 36.0 Å². The highest BCUT2D eigenvalue weighted by Gasteiger charge is 2.30. The Morgan fingerprint density at radius 2 is 1.95 bits per heavy atom. The summed E-state index contributed by atoms with van der Waals surface area (Å²) in [6.07, 6.45) is -2.74. The second-order valence-corrected chi connectivity index (χ2v) is 4.17. The summed E-state index contributed by atoms with van der Waals surface area (Å²) in [4.78, 5) is 2.92. The molecule has 4 N–H and O–H groups in total. The van der Waals surface area contributed by atoms with Gasteiger partial charge in [-0.2, -0.15) is 18.3 Å². The van der Waals surface area contributed by atoms with E-state index in [2.05, 4.69) is 15.2 Å². The zero-order valence-corrected chi connectivity index (χ0v) is 9.55. The molecule has 19 heavy (non-hydrogen) atoms. The van der Waals surface area contributed by atoms with E-state index in [1.165, 1.54) is 6.07 Å². The third-order valence-electron chi connectivity index (χ3n) is 2.90. The highest BCUT2D eigenvalue weighted by atomic mass is 19.4. The van der Waals surface area contributed by atoms with E-state index in [-0.39, 0.29) is 5.82 Å². The summed E-state index contributed by atoms with van der Waals surface area (Å²) < 4.78 is 38.1. The van der Waals surface area contributed by atoms with E-state index in [1.807, 2.05) is 0 Å². The Labute approximate surface area is 105 Å². The van der Waals surface area contributed by atoms with Crippen LogP contribution in [0.5, 0.6) is 0 Å². The highest BCUT2D eigenvalue weighted by molar-refractivity contribution is 5.95. The molecule has 3 rings (SSSR count). The Hall–Kier alpha value is -2.44. The molecule has 98 valence electrons. The number of nitrogens with two attached hydrogens (primary N) is 1. The van der Waals surface area contributed by atoms with Crippen LogP contribution in [0.1, 0.15) is 5.56 Å². The predicted molar refractivity (Wildman–Crippen MR) is 65.3 cm³/mol. The number of fused-ring (bicyclic) bond motifs is 1. The minimum absolute atomic E-state index is 0.288. The second kappa shape index (κ2) is 3.78. The Kier molecular flexibility index (Phi) is 2.31. The first-order valence-corrected chi connectivity index (χ1v) is 5.45. The smallest absolute Gasteiger partial charge is 0.382 e. The van der Waals surface area contributed by atoms with E-state index < -0.39 is 11.7 Å². The first-order chi connectivity index (χ1) is 8.95. The lowest BCUT2D eigenvalue weighted by Crippen LogP contribution is -2.04. The third-order valence-corrected chi connectivity index (χ3v) is 2.90. The lowest BCUT2D eigenvalue weighted by atomic mass is 10.1. The Morgan fingerprint density at radius 1 is 1.16 bits per heavy atom. The molecule has 4 nitrogen and oxygen atoms in total. The van der Waals surface area contributed by atoms with Crippen LogP contribution < -0.4 is 5.73 Å². The molecule has 0 radical (unpaired) electrons. The predicted octanol–water partition coefficient (Wildman–Crippen LogP) is 3.16. The molecule has 0 fully saturated rings. The van der Waals surface area contributed by atoms with Crippen molar-refractivity contribution in [3.8, 4) is 11.3 Å². The maximum atomic E-state index is 12.7. The van der Waals surface area contributed by atoms with Crippen LogP contribution in [0.2, 0.25) is 0 Å². The summed E-state index contributed by atoms with van der Waals surface area (Å²) in [5.41, 5.74) is 6.60. The van der Waals surface area contributed by atoms with Crippen molar-refractivity contribution in [2.75, 3.05) is 5.73 Å². The van der Waals surface area contributed by atoms with Gasteiger partial charge >= 0.3 is 6.18 Å². The van der Waals surface area contributed by atoms with Gasteiger partial charge in [-0.1, -0.05) is 0 Å². The van der Waals surface area contributed by atoms with Gasteiger partial charge in [0.15, 0.2) is 0 Å². The van der Waals surface area contributed by atoms with Crippen molar-refractivity contribution in [1.29, 1.82) is 0 Å². The molecule has 0 bridgehead atoms. The van der Waals surface area contributed by atoms with E-state index in [0.29, 0.717) is 22.2 Å². The fraction of sp³-hybridized carbons (Fsp3) is 0.0833. The van der Waals surface area contributed by atoms with Crippen LogP contribution in [0, 0.1) is 0 Å². The van der Waals surface area contributed by atoms with Gasteiger partial charge in [-0.25, -0.2) is 0 Å². The minimum Gasteiger partial charge on any atom is -0.382 e. The van der Waals surface area contributed by atoms with Crippen LogP contribution in [-0.4, -0.2) is 15.2 Å². The van der Waals surface area contributed by atoms with Gasteiger partial charge in [-0.3, -0.25) is 5.10 Å². The minimum atomic E-state index is -4.37. The van der Waals surface area contributed by atoms with Crippen LogP contribution in [0.25, 0.3) is 22.2 Å². The van der Waals surface area contributed by atoms with Crippen molar-refractivity contribution < 1.29 is 13.2 Å². The summed E-state index contributed by atoms with van der Waals surface area (Å²) in [6, 6.07) is 5.13. The first kappa shape index (κ1) is 11.6. The molecule has 2 aromatic heterocycles. The van der Waals surface area contributed by atoms with Crippen LogP contribution in [0.4, 0.5) is 19.0 Å². The number of aromatic nitrogens is 3. The zero-order chi connectivity index (χ0) is 13.6. The summed E-state index contributed by atoms with van der Waals surface area (Å²) in [6.45, 7) is 0. The maximum Gasteiger partial charge on any atom is 0.416 e. The molecule has 0 saturated carbocycles. The molecule has 0 aliphatic heterocycles. The summed E-state index contributed by atoms with van der Waals surface area (Å²) in [7, 11) is 0. The Bertz CT molecular complexity index is 739. The largest absolute Gasteiger partial charge is 0.416 e. The molecule has 3 aromatic rings. The number of hydrogen-bond donors (Lipinski definition) is 3. The average molecular weight is 266 g/mol. The van der Waals surface area contributed by atoms with Gasteiger partial charge in [0.25, 0.3) is 0 Å². The number of nitrogens with zero attached hydrogens (tertiary/aromatic N) is 1. The number of nitrogens with one attached hydrogen (secondary N) is 2. The lowest BCUT2D eigenvalue weighted by Gasteiger charge is -2.06. The van der Waals surface area contributed by atoms with Gasteiger partial charge in [0, 0.05) is 28.7 Å². The number of hydrogen-bond acceptors (Lipinski definition) is 2. The number of nitrogen functional groups attached to an aromatic ring is 1. The number of benzene rings is 1. The van der Waals surface area contributed by atoms with E-state index >= 15 is 0 Å². The van der Waals surface area contributed by atoms with E-state index in [1.54, 1.807) is 12.3 Å². The molecule has 0 spiro atoms. The van der Waals surface area contributed by atoms with Gasteiger partial charge in [-0.05, 0) is 18.2 Å². The van der Waals surface area contributed by atoms with Crippen molar-refractivity contribution >= 4 is 16.7 Å². The van der Waals surface area contributed by atoms with Crippen molar-refractivity contribution in [2.24, 2.45) is 0 Å². The quantitative estimate of drug-likeness (QED) is 0.633. The monoisotopic (exact) mass is 266 g/mol. The first-order valence-electron chi connectivity index (χ1n) is 5.45. The molecule has 0 unspecified atom stereocenters. The summed E-state index contributed by atoms with van der Waals surface area (Å²) in [5.74, 6) is 0.288. The number of H-pyrrole nitrogens is 2. The highest BCUT2D eigenvalue weighted by Crippen LogP contribution is 2.34. The van der Waals surface area contributed by atoms with Gasteiger partial charge < -0.3 is 10.7 Å². The molecule has 0 amide bonds. The molecule has 7 heteroatoms. The van der Waals surface area contributed by atoms with Crippen LogP contribution in [0.15, 0.2) is 30.5 Å². The lowest BCUT2D eigenvalue weighted by molar-refractivity contribution is -0.137. The average Bonchev–Trinajstić information content (AvgIpc) is 2.92. The second-order valence-electron chi connectivity index (χ2n) is 4.17. The molecule has 0 atom stereocenters. The van der Waals surface area contributed by atoms with Crippen molar-refractivity contribution in [2.45, 2.75) is 6.18 Å². The Morgan fingerprint density at radius 3 is 2.58 bits per heavy atom. The van der Waals surface area contributed by atoms with Crippen LogP contribution in [-0.2, 0) is 6.18 Å². The molecule has 2 heterocycles. The van der Waals surface area contributed by atoms with Crippen LogP contribution >= 0.6 is 0 Å². The number of halogens is 3. The van der Waals surface area contributed by atoms with Crippen molar-refractivity contribution in [3.63, 3.8) is 0 Å². The molecule has 0 saturated heterocycles. The SMILES string of the molecule is Nc1cc(-c2c[nH]c3ccc(C(F)(F)F)cc23)[nH]n1. The van der Waals surface area contributed by atoms with Crippen LogP contribution in [0.3, 0.4) is 0 Å². The van der Waals surface area contributed by atoms with Crippen molar-refractivity contribution in [1.82, 2.24) is 15.2 Å². The van der Waals surface area contributed by atoms with Gasteiger partial charge in [0.1, 0.15) is 5.82 Å². The van der Waals surface area contributed by atoms with E-state index in [0.717, 1.165) is 12.1 Å². The van der Waals surface area contributed by atoms with Gasteiger partial charge in [0.2, 0.25) is 0 Å². The number of rotatable bonds is 1. The number of alkyl halides is 3. The summed E-state index contributed by atoms with van der Waals surface area (Å²) >= 11 is 0.